The quantitative estimate of drug-likeness (QED) is 0.695. The molecular weight excluding hydrogens is 326 g/mol. The minimum absolute atomic E-state index is 0.306. The Morgan fingerprint density at radius 2 is 1.88 bits per heavy atom. The first-order valence-corrected chi connectivity index (χ1v) is 8.22. The third kappa shape index (κ3) is 2.49. The first-order valence-electron chi connectivity index (χ1n) is 8.22. The predicted octanol–water partition coefficient (Wildman–Crippen LogP) is 4.34. The first-order chi connectivity index (χ1) is 12.7. The zero-order valence-corrected chi connectivity index (χ0v) is 14.1. The number of hydrogen-bond acceptors (Lipinski definition) is 4. The SMILES string of the molecule is Cc1onc(-c2ccccc2)c1C(=O)N1C=Cc2ccccc2C1C#N. The monoisotopic (exact) mass is 341 g/mol. The van der Waals surface area contributed by atoms with E-state index in [9.17, 15) is 10.1 Å². The Labute approximate surface area is 150 Å². The fourth-order valence-electron chi connectivity index (χ4n) is 3.17. The Hall–Kier alpha value is -3.65. The van der Waals surface area contributed by atoms with Crippen LogP contribution < -0.4 is 0 Å². The number of fused-ring (bicyclic) bond motifs is 1. The van der Waals surface area contributed by atoms with Crippen molar-refractivity contribution >= 4 is 12.0 Å². The van der Waals surface area contributed by atoms with Crippen LogP contribution in [0, 0.1) is 18.3 Å². The van der Waals surface area contributed by atoms with E-state index in [0.29, 0.717) is 17.0 Å². The summed E-state index contributed by atoms with van der Waals surface area (Å²) in [5.41, 5.74) is 3.40. The normalized spacial score (nSPS) is 15.4. The average molecular weight is 341 g/mol. The highest BCUT2D eigenvalue weighted by atomic mass is 16.5. The molecule has 1 aromatic heterocycles. The molecule has 3 aromatic rings. The molecule has 0 fully saturated rings. The lowest BCUT2D eigenvalue weighted by Gasteiger charge is -2.28. The summed E-state index contributed by atoms with van der Waals surface area (Å²) in [5.74, 6) is 0.123. The van der Waals surface area contributed by atoms with Gasteiger partial charge in [-0.3, -0.25) is 9.69 Å². The van der Waals surface area contributed by atoms with Gasteiger partial charge >= 0.3 is 0 Å². The molecule has 0 bridgehead atoms. The largest absolute Gasteiger partial charge is 0.360 e. The number of aryl methyl sites for hydroxylation is 1. The van der Waals surface area contributed by atoms with Crippen molar-refractivity contribution in [2.24, 2.45) is 0 Å². The fraction of sp³-hybridized carbons (Fsp3) is 0.0952. The molecule has 1 unspecified atom stereocenters. The zero-order valence-electron chi connectivity index (χ0n) is 14.1. The van der Waals surface area contributed by atoms with E-state index in [4.69, 9.17) is 4.52 Å². The van der Waals surface area contributed by atoms with Crippen molar-refractivity contribution in [3.63, 3.8) is 0 Å². The second-order valence-electron chi connectivity index (χ2n) is 6.02. The van der Waals surface area contributed by atoms with Gasteiger partial charge in [0.1, 0.15) is 23.1 Å². The number of carbonyl (C=O) groups is 1. The van der Waals surface area contributed by atoms with E-state index in [1.165, 1.54) is 4.90 Å². The van der Waals surface area contributed by atoms with Crippen LogP contribution in [0.25, 0.3) is 17.3 Å². The van der Waals surface area contributed by atoms with Crippen molar-refractivity contribution in [2.75, 3.05) is 0 Å². The third-order valence-electron chi connectivity index (χ3n) is 4.46. The molecule has 2 heterocycles. The van der Waals surface area contributed by atoms with Crippen LogP contribution in [0.5, 0.6) is 0 Å². The summed E-state index contributed by atoms with van der Waals surface area (Å²) in [6.07, 6.45) is 3.49. The van der Waals surface area contributed by atoms with Crippen molar-refractivity contribution in [1.29, 1.82) is 5.26 Å². The highest BCUT2D eigenvalue weighted by Gasteiger charge is 2.32. The minimum Gasteiger partial charge on any atom is -0.360 e. The number of carbonyl (C=O) groups excluding carboxylic acids is 1. The van der Waals surface area contributed by atoms with Crippen molar-refractivity contribution < 1.29 is 9.32 Å². The Kier molecular flexibility index (Phi) is 3.86. The Morgan fingerprint density at radius 1 is 1.15 bits per heavy atom. The molecule has 0 saturated carbocycles. The maximum atomic E-state index is 13.3. The van der Waals surface area contributed by atoms with Gasteiger partial charge in [-0.15, -0.1) is 0 Å². The maximum absolute atomic E-state index is 13.3. The van der Waals surface area contributed by atoms with Crippen LogP contribution in [0.1, 0.15) is 33.3 Å². The first kappa shape index (κ1) is 15.9. The number of nitrogens with zero attached hydrogens (tertiary/aromatic N) is 3. The molecule has 126 valence electrons. The summed E-state index contributed by atoms with van der Waals surface area (Å²) >= 11 is 0. The van der Waals surface area contributed by atoms with E-state index in [1.54, 1.807) is 13.1 Å². The van der Waals surface area contributed by atoms with Crippen LogP contribution in [0.4, 0.5) is 0 Å². The van der Waals surface area contributed by atoms with Crippen LogP contribution in [0.3, 0.4) is 0 Å². The average Bonchev–Trinajstić information content (AvgIpc) is 3.08. The highest BCUT2D eigenvalue weighted by Crippen LogP contribution is 2.33. The lowest BCUT2D eigenvalue weighted by Crippen LogP contribution is -2.32. The van der Waals surface area contributed by atoms with E-state index in [1.807, 2.05) is 60.7 Å². The second kappa shape index (κ2) is 6.34. The van der Waals surface area contributed by atoms with Crippen molar-refractivity contribution in [1.82, 2.24) is 10.1 Å². The molecule has 0 N–H and O–H groups in total. The molecule has 5 nitrogen and oxygen atoms in total. The summed E-state index contributed by atoms with van der Waals surface area (Å²) in [6.45, 7) is 1.70. The smallest absolute Gasteiger partial charge is 0.265 e. The van der Waals surface area contributed by atoms with E-state index >= 15 is 0 Å². The molecule has 26 heavy (non-hydrogen) atoms. The van der Waals surface area contributed by atoms with Crippen molar-refractivity contribution in [3.8, 4) is 17.3 Å². The number of amides is 1. The molecule has 5 heteroatoms. The van der Waals surface area contributed by atoms with Gasteiger partial charge < -0.3 is 4.52 Å². The van der Waals surface area contributed by atoms with Crippen LogP contribution in [-0.4, -0.2) is 16.0 Å². The van der Waals surface area contributed by atoms with Gasteiger partial charge in [0.2, 0.25) is 0 Å². The lowest BCUT2D eigenvalue weighted by molar-refractivity contribution is 0.0793. The molecular formula is C21H15N3O2. The number of benzene rings is 2. The summed E-state index contributed by atoms with van der Waals surface area (Å²) in [5, 5.41) is 13.8. The topological polar surface area (TPSA) is 70.1 Å². The van der Waals surface area contributed by atoms with Crippen molar-refractivity contribution in [3.05, 3.63) is 83.2 Å². The van der Waals surface area contributed by atoms with Gasteiger partial charge in [-0.05, 0) is 24.1 Å². The molecule has 0 spiro atoms. The lowest BCUT2D eigenvalue weighted by atomic mass is 9.96. The molecule has 1 aliphatic rings. The molecule has 0 saturated heterocycles. The predicted molar refractivity (Wildman–Crippen MR) is 96.7 cm³/mol. The number of hydrogen-bond donors (Lipinski definition) is 0. The van der Waals surface area contributed by atoms with E-state index < -0.39 is 6.04 Å². The van der Waals surface area contributed by atoms with Crippen LogP contribution in [0.15, 0.2) is 65.3 Å². The molecule has 1 aliphatic heterocycles. The van der Waals surface area contributed by atoms with Gasteiger partial charge in [0.15, 0.2) is 0 Å². The molecule has 4 rings (SSSR count). The van der Waals surface area contributed by atoms with E-state index in [-0.39, 0.29) is 5.91 Å². The summed E-state index contributed by atoms with van der Waals surface area (Å²) in [6, 6.07) is 18.5. The molecule has 0 radical (unpaired) electrons. The maximum Gasteiger partial charge on any atom is 0.265 e. The Bertz CT molecular complexity index is 1040. The van der Waals surface area contributed by atoms with Gasteiger partial charge in [0.05, 0.1) is 6.07 Å². The standard InChI is InChI=1S/C21H15N3O2/c1-14-19(20(23-26-14)16-8-3-2-4-9-16)21(25)24-12-11-15-7-5-6-10-17(15)18(24)13-22/h2-12,18H,1H3. The highest BCUT2D eigenvalue weighted by molar-refractivity contribution is 6.02. The van der Waals surface area contributed by atoms with Crippen LogP contribution >= 0.6 is 0 Å². The Morgan fingerprint density at radius 3 is 2.65 bits per heavy atom. The third-order valence-corrected chi connectivity index (χ3v) is 4.46. The van der Waals surface area contributed by atoms with E-state index in [0.717, 1.165) is 16.7 Å². The summed E-state index contributed by atoms with van der Waals surface area (Å²) in [4.78, 5) is 14.7. The summed E-state index contributed by atoms with van der Waals surface area (Å²) < 4.78 is 5.30. The molecule has 2 aromatic carbocycles. The van der Waals surface area contributed by atoms with Gasteiger partial charge in [0.25, 0.3) is 5.91 Å². The zero-order chi connectivity index (χ0) is 18.1. The van der Waals surface area contributed by atoms with Crippen LogP contribution in [-0.2, 0) is 0 Å². The molecule has 1 atom stereocenters. The number of aromatic nitrogens is 1. The number of nitriles is 1. The van der Waals surface area contributed by atoms with Gasteiger partial charge in [-0.1, -0.05) is 59.8 Å². The van der Waals surface area contributed by atoms with Gasteiger partial charge in [0, 0.05) is 11.8 Å². The molecule has 1 amide bonds. The fourth-order valence-corrected chi connectivity index (χ4v) is 3.17. The van der Waals surface area contributed by atoms with Crippen LogP contribution in [0.2, 0.25) is 0 Å². The van der Waals surface area contributed by atoms with Gasteiger partial charge in [-0.25, -0.2) is 0 Å². The summed E-state index contributed by atoms with van der Waals surface area (Å²) in [7, 11) is 0. The second-order valence-corrected chi connectivity index (χ2v) is 6.02. The molecule has 0 aliphatic carbocycles. The number of rotatable bonds is 2. The minimum atomic E-state index is -0.693. The van der Waals surface area contributed by atoms with Gasteiger partial charge in [-0.2, -0.15) is 5.26 Å². The van der Waals surface area contributed by atoms with E-state index in [2.05, 4.69) is 11.2 Å². The van der Waals surface area contributed by atoms with Crippen molar-refractivity contribution in [2.45, 2.75) is 13.0 Å². The Balaban J connectivity index is 1.78.